The molecular weight excluding hydrogens is 252 g/mol. The molecule has 0 N–H and O–H groups in total. The number of ether oxygens (including phenoxy) is 1. The fraction of sp³-hybridized carbons (Fsp3) is 0.938. The molecule has 0 bridgehead atoms. The van der Waals surface area contributed by atoms with E-state index in [1.54, 1.807) is 0 Å². The number of nitrogens with zero attached hydrogens (tertiary/aromatic N) is 2. The van der Waals surface area contributed by atoms with Crippen LogP contribution in [0, 0.1) is 0 Å². The Morgan fingerprint density at radius 2 is 1.75 bits per heavy atom. The smallest absolute Gasteiger partial charge is 0.307 e. The van der Waals surface area contributed by atoms with Gasteiger partial charge >= 0.3 is 5.97 Å². The summed E-state index contributed by atoms with van der Waals surface area (Å²) in [5.41, 5.74) is 0.00113. The van der Waals surface area contributed by atoms with Gasteiger partial charge in [0.1, 0.15) is 0 Å². The van der Waals surface area contributed by atoms with E-state index in [-0.39, 0.29) is 11.5 Å². The molecule has 0 radical (unpaired) electrons. The van der Waals surface area contributed by atoms with Gasteiger partial charge in [-0.1, -0.05) is 13.8 Å². The summed E-state index contributed by atoms with van der Waals surface area (Å²) < 4.78 is 5.20. The molecule has 0 amide bonds. The Morgan fingerprint density at radius 1 is 1.20 bits per heavy atom. The molecule has 1 rings (SSSR count). The van der Waals surface area contributed by atoms with Crippen molar-refractivity contribution in [3.63, 3.8) is 0 Å². The zero-order chi connectivity index (χ0) is 15.2. The van der Waals surface area contributed by atoms with Gasteiger partial charge in [-0.3, -0.25) is 9.69 Å². The average molecular weight is 284 g/mol. The largest absolute Gasteiger partial charge is 0.466 e. The number of piperidine rings is 1. The molecule has 0 aliphatic carbocycles. The molecule has 1 aliphatic heterocycles. The van der Waals surface area contributed by atoms with Crippen molar-refractivity contribution >= 4 is 5.97 Å². The third kappa shape index (κ3) is 4.19. The maximum absolute atomic E-state index is 12.0. The molecule has 0 aromatic carbocycles. The first-order valence-corrected chi connectivity index (χ1v) is 8.13. The van der Waals surface area contributed by atoms with Gasteiger partial charge in [0.15, 0.2) is 0 Å². The Hall–Kier alpha value is -0.610. The Balaban J connectivity index is 2.79. The quantitative estimate of drug-likeness (QED) is 0.673. The van der Waals surface area contributed by atoms with Crippen LogP contribution in [-0.2, 0) is 9.53 Å². The molecule has 0 atom stereocenters. The van der Waals surface area contributed by atoms with Gasteiger partial charge in [-0.15, -0.1) is 0 Å². The number of rotatable bonds is 7. The zero-order valence-electron chi connectivity index (χ0n) is 13.9. The third-order valence-corrected chi connectivity index (χ3v) is 4.67. The highest BCUT2D eigenvalue weighted by Gasteiger charge is 2.41. The minimum Gasteiger partial charge on any atom is -0.466 e. The van der Waals surface area contributed by atoms with Crippen LogP contribution < -0.4 is 0 Å². The average Bonchev–Trinajstić information content (AvgIpc) is 2.40. The Kier molecular flexibility index (Phi) is 6.96. The van der Waals surface area contributed by atoms with Crippen molar-refractivity contribution in [3.8, 4) is 0 Å². The summed E-state index contributed by atoms with van der Waals surface area (Å²) in [6.45, 7) is 15.4. The predicted octanol–water partition coefficient (Wildman–Crippen LogP) is 2.52. The lowest BCUT2D eigenvalue weighted by atomic mass is 9.82. The molecule has 0 unspecified atom stereocenters. The van der Waals surface area contributed by atoms with E-state index in [2.05, 4.69) is 37.5 Å². The monoisotopic (exact) mass is 284 g/mol. The number of esters is 1. The maximum Gasteiger partial charge on any atom is 0.307 e. The van der Waals surface area contributed by atoms with Gasteiger partial charge in [0.2, 0.25) is 0 Å². The van der Waals surface area contributed by atoms with Crippen LogP contribution in [0.5, 0.6) is 0 Å². The first-order valence-electron chi connectivity index (χ1n) is 8.13. The van der Waals surface area contributed by atoms with Crippen LogP contribution >= 0.6 is 0 Å². The fourth-order valence-electron chi connectivity index (χ4n) is 3.44. The van der Waals surface area contributed by atoms with Crippen LogP contribution in [0.25, 0.3) is 0 Å². The topological polar surface area (TPSA) is 32.8 Å². The van der Waals surface area contributed by atoms with E-state index in [1.165, 1.54) is 0 Å². The van der Waals surface area contributed by atoms with E-state index in [9.17, 15) is 4.79 Å². The van der Waals surface area contributed by atoms with Gasteiger partial charge in [-0.25, -0.2) is 0 Å². The van der Waals surface area contributed by atoms with Gasteiger partial charge in [-0.05, 0) is 46.7 Å². The molecule has 0 saturated carbocycles. The van der Waals surface area contributed by atoms with Crippen molar-refractivity contribution in [3.05, 3.63) is 0 Å². The second-order valence-electron chi connectivity index (χ2n) is 6.01. The summed E-state index contributed by atoms with van der Waals surface area (Å²) in [7, 11) is 0. The van der Waals surface area contributed by atoms with Crippen LogP contribution in [0.3, 0.4) is 0 Å². The molecule has 1 heterocycles. The minimum atomic E-state index is -0.0441. The van der Waals surface area contributed by atoms with Crippen molar-refractivity contribution in [2.75, 3.05) is 32.8 Å². The van der Waals surface area contributed by atoms with Crippen molar-refractivity contribution < 1.29 is 9.53 Å². The molecule has 1 aliphatic rings. The Bertz CT molecular complexity index is 293. The highest BCUT2D eigenvalue weighted by Crippen LogP contribution is 2.33. The molecule has 0 spiro atoms. The first-order chi connectivity index (χ1) is 9.49. The molecule has 1 fully saturated rings. The van der Waals surface area contributed by atoms with Crippen molar-refractivity contribution in [1.82, 2.24) is 9.80 Å². The highest BCUT2D eigenvalue weighted by atomic mass is 16.5. The maximum atomic E-state index is 12.0. The van der Waals surface area contributed by atoms with Crippen LogP contribution in [0.2, 0.25) is 0 Å². The second-order valence-corrected chi connectivity index (χ2v) is 6.01. The normalized spacial score (nSPS) is 19.6. The minimum absolute atomic E-state index is 0.00113. The van der Waals surface area contributed by atoms with E-state index < -0.39 is 0 Å². The molecule has 1 saturated heterocycles. The molecule has 118 valence electrons. The van der Waals surface area contributed by atoms with Gasteiger partial charge in [0.05, 0.1) is 13.0 Å². The van der Waals surface area contributed by atoms with Gasteiger partial charge in [0.25, 0.3) is 0 Å². The molecule has 0 aromatic heterocycles. The summed E-state index contributed by atoms with van der Waals surface area (Å²) in [6, 6.07) is 0.590. The van der Waals surface area contributed by atoms with Crippen molar-refractivity contribution in [1.29, 1.82) is 0 Å². The van der Waals surface area contributed by atoms with Crippen LogP contribution in [0.1, 0.15) is 53.9 Å². The second kappa shape index (κ2) is 7.99. The number of carbonyl (C=O) groups excluding carboxylic acids is 1. The van der Waals surface area contributed by atoms with E-state index in [1.807, 2.05) is 6.92 Å². The van der Waals surface area contributed by atoms with Gasteiger partial charge < -0.3 is 9.64 Å². The third-order valence-electron chi connectivity index (χ3n) is 4.67. The summed E-state index contributed by atoms with van der Waals surface area (Å²) in [5.74, 6) is -0.0441. The lowest BCUT2D eigenvalue weighted by Crippen LogP contribution is -2.57. The van der Waals surface area contributed by atoms with E-state index in [0.717, 1.165) is 39.0 Å². The van der Waals surface area contributed by atoms with Gasteiger partial charge in [-0.2, -0.15) is 0 Å². The predicted molar refractivity (Wildman–Crippen MR) is 82.8 cm³/mol. The van der Waals surface area contributed by atoms with Crippen molar-refractivity contribution in [2.24, 2.45) is 0 Å². The van der Waals surface area contributed by atoms with Crippen LogP contribution in [0.15, 0.2) is 0 Å². The SMILES string of the molecule is CCOC(=O)CC1(N(CC)CC)CCN(C(C)C)CC1. The van der Waals surface area contributed by atoms with Gasteiger partial charge in [0, 0.05) is 24.7 Å². The lowest BCUT2D eigenvalue weighted by molar-refractivity contribution is -0.148. The van der Waals surface area contributed by atoms with E-state index in [4.69, 9.17) is 4.74 Å². The first kappa shape index (κ1) is 17.4. The van der Waals surface area contributed by atoms with E-state index in [0.29, 0.717) is 19.1 Å². The molecule has 4 heteroatoms. The molecule has 0 aromatic rings. The molecule has 4 nitrogen and oxygen atoms in total. The summed E-state index contributed by atoms with van der Waals surface area (Å²) in [5, 5.41) is 0. The number of hydrogen-bond donors (Lipinski definition) is 0. The Labute approximate surface area is 124 Å². The fourth-order valence-corrected chi connectivity index (χ4v) is 3.44. The highest BCUT2D eigenvalue weighted by molar-refractivity contribution is 5.71. The lowest BCUT2D eigenvalue weighted by Gasteiger charge is -2.49. The summed E-state index contributed by atoms with van der Waals surface area (Å²) in [4.78, 5) is 17.0. The summed E-state index contributed by atoms with van der Waals surface area (Å²) >= 11 is 0. The number of carbonyl (C=O) groups is 1. The van der Waals surface area contributed by atoms with Crippen molar-refractivity contribution in [2.45, 2.75) is 65.5 Å². The number of hydrogen-bond acceptors (Lipinski definition) is 4. The Morgan fingerprint density at radius 3 is 2.15 bits per heavy atom. The van der Waals surface area contributed by atoms with E-state index >= 15 is 0 Å². The van der Waals surface area contributed by atoms with Crippen LogP contribution in [-0.4, -0.2) is 60.1 Å². The molecular formula is C16H32N2O2. The zero-order valence-corrected chi connectivity index (χ0v) is 13.9. The van der Waals surface area contributed by atoms with Crippen LogP contribution in [0.4, 0.5) is 0 Å². The number of likely N-dealkylation sites (tertiary alicyclic amines) is 1. The molecule has 20 heavy (non-hydrogen) atoms. The summed E-state index contributed by atoms with van der Waals surface area (Å²) in [6.07, 6.45) is 2.66. The standard InChI is InChI=1S/C16H32N2O2/c1-6-18(7-2)16(13-15(19)20-8-3)9-11-17(12-10-16)14(4)5/h14H,6-13H2,1-5H3.